The third kappa shape index (κ3) is 3.71. The number of fused-ring (bicyclic) bond motifs is 1. The summed E-state index contributed by atoms with van der Waals surface area (Å²) >= 11 is 0. The van der Waals surface area contributed by atoms with Crippen molar-refractivity contribution in [1.82, 2.24) is 10.2 Å². The molecule has 0 unspecified atom stereocenters. The average molecular weight is 399 g/mol. The first-order valence-corrected chi connectivity index (χ1v) is 10.0. The van der Waals surface area contributed by atoms with Crippen molar-refractivity contribution in [2.45, 2.75) is 57.6 Å². The second kappa shape index (κ2) is 7.17. The minimum atomic E-state index is -1.05. The van der Waals surface area contributed by atoms with Gasteiger partial charge >= 0.3 is 12.0 Å². The van der Waals surface area contributed by atoms with Crippen molar-refractivity contribution in [2.24, 2.45) is 5.92 Å². The molecule has 1 aliphatic heterocycles. The average Bonchev–Trinajstić information content (AvgIpc) is 3.39. The molecule has 4 amide bonds. The Morgan fingerprint density at radius 1 is 1.28 bits per heavy atom. The number of benzene rings is 1. The summed E-state index contributed by atoms with van der Waals surface area (Å²) in [4.78, 5) is 50.2. The Hall–Kier alpha value is -2.90. The Kier molecular flexibility index (Phi) is 4.80. The predicted molar refractivity (Wildman–Crippen MR) is 104 cm³/mol. The van der Waals surface area contributed by atoms with E-state index >= 15 is 0 Å². The molecule has 0 radical (unpaired) electrons. The molecule has 4 rings (SSSR count). The lowest BCUT2D eigenvalue weighted by Crippen LogP contribution is -2.46. The number of nitrogens with zero attached hydrogens (tertiary/aromatic N) is 1. The van der Waals surface area contributed by atoms with Gasteiger partial charge in [-0.3, -0.25) is 19.3 Å². The van der Waals surface area contributed by atoms with E-state index in [2.05, 4.69) is 10.6 Å². The SMILES string of the molecule is C[C@@H](OC(=O)CN1C(=O)N[C@](C)(C2CC2)C1=O)C(=O)Nc1ccc2c(c1)CCC2. The molecule has 0 bridgehead atoms. The molecule has 1 heterocycles. The molecular formula is C21H25N3O5. The smallest absolute Gasteiger partial charge is 0.327 e. The lowest BCUT2D eigenvalue weighted by atomic mass is 9.96. The van der Waals surface area contributed by atoms with Crippen LogP contribution in [0.4, 0.5) is 10.5 Å². The van der Waals surface area contributed by atoms with Gasteiger partial charge in [0.2, 0.25) is 0 Å². The van der Waals surface area contributed by atoms with Gasteiger partial charge < -0.3 is 15.4 Å². The summed E-state index contributed by atoms with van der Waals surface area (Å²) in [6.07, 6.45) is 3.87. The van der Waals surface area contributed by atoms with Crippen LogP contribution in [0, 0.1) is 5.92 Å². The zero-order valence-corrected chi connectivity index (χ0v) is 16.6. The van der Waals surface area contributed by atoms with Crippen LogP contribution in [0.15, 0.2) is 18.2 Å². The molecular weight excluding hydrogens is 374 g/mol. The third-order valence-corrected chi connectivity index (χ3v) is 6.03. The highest BCUT2D eigenvalue weighted by Crippen LogP contribution is 2.42. The number of imide groups is 1. The number of anilines is 1. The summed E-state index contributed by atoms with van der Waals surface area (Å²) in [6.45, 7) is 2.63. The summed E-state index contributed by atoms with van der Waals surface area (Å²) in [7, 11) is 0. The maximum absolute atomic E-state index is 12.6. The number of urea groups is 1. The van der Waals surface area contributed by atoms with Crippen LogP contribution < -0.4 is 10.6 Å². The molecule has 0 spiro atoms. The predicted octanol–water partition coefficient (Wildman–Crippen LogP) is 1.77. The van der Waals surface area contributed by atoms with E-state index in [9.17, 15) is 19.2 Å². The summed E-state index contributed by atoms with van der Waals surface area (Å²) in [5, 5.41) is 5.43. The zero-order valence-electron chi connectivity index (χ0n) is 16.6. The van der Waals surface area contributed by atoms with Gasteiger partial charge in [0.05, 0.1) is 0 Å². The van der Waals surface area contributed by atoms with Crippen LogP contribution in [0.2, 0.25) is 0 Å². The molecule has 0 aromatic heterocycles. The minimum Gasteiger partial charge on any atom is -0.451 e. The van der Waals surface area contributed by atoms with Crippen LogP contribution in [0.5, 0.6) is 0 Å². The highest BCUT2D eigenvalue weighted by atomic mass is 16.5. The van der Waals surface area contributed by atoms with Crippen molar-refractivity contribution in [1.29, 1.82) is 0 Å². The van der Waals surface area contributed by atoms with Gasteiger partial charge in [0, 0.05) is 5.69 Å². The Balaban J connectivity index is 1.31. The highest BCUT2D eigenvalue weighted by molar-refractivity contribution is 6.09. The Labute approximate surface area is 169 Å². The minimum absolute atomic E-state index is 0.108. The number of hydrogen-bond donors (Lipinski definition) is 2. The number of carbonyl (C=O) groups is 4. The van der Waals surface area contributed by atoms with E-state index in [4.69, 9.17) is 4.74 Å². The van der Waals surface area contributed by atoms with Crippen LogP contribution in [0.3, 0.4) is 0 Å². The van der Waals surface area contributed by atoms with Crippen LogP contribution in [0.1, 0.15) is 44.2 Å². The van der Waals surface area contributed by atoms with E-state index in [1.807, 2.05) is 18.2 Å². The molecule has 2 atom stereocenters. The number of ether oxygens (including phenoxy) is 1. The van der Waals surface area contributed by atoms with Crippen molar-refractivity contribution in [3.05, 3.63) is 29.3 Å². The lowest BCUT2D eigenvalue weighted by molar-refractivity contribution is -0.155. The molecule has 2 N–H and O–H groups in total. The first kappa shape index (κ1) is 19.4. The van der Waals surface area contributed by atoms with Crippen LogP contribution in [-0.2, 0) is 32.0 Å². The number of nitrogens with one attached hydrogen (secondary N) is 2. The first-order chi connectivity index (χ1) is 13.8. The summed E-state index contributed by atoms with van der Waals surface area (Å²) in [5.74, 6) is -1.57. The molecule has 8 nitrogen and oxygen atoms in total. The largest absolute Gasteiger partial charge is 0.451 e. The van der Waals surface area contributed by atoms with Crippen molar-refractivity contribution in [2.75, 3.05) is 11.9 Å². The normalized spacial score (nSPS) is 24.1. The molecule has 1 aromatic carbocycles. The number of aryl methyl sites for hydroxylation is 2. The van der Waals surface area contributed by atoms with Gasteiger partial charge in [-0.25, -0.2) is 4.79 Å². The molecule has 2 fully saturated rings. The number of carbonyl (C=O) groups excluding carboxylic acids is 4. The van der Waals surface area contributed by atoms with Crippen LogP contribution in [-0.4, -0.2) is 46.9 Å². The Morgan fingerprint density at radius 3 is 2.72 bits per heavy atom. The van der Waals surface area contributed by atoms with Gasteiger partial charge in [0.25, 0.3) is 11.8 Å². The fraction of sp³-hybridized carbons (Fsp3) is 0.524. The standard InChI is InChI=1S/C21H25N3O5/c1-12(18(26)22-16-9-6-13-4-3-5-14(13)10-16)29-17(25)11-24-19(27)21(2,15-7-8-15)23-20(24)28/h6,9-10,12,15H,3-5,7-8,11H2,1-2H3,(H,22,26)(H,23,28)/t12-,21-/m1/s1. The monoisotopic (exact) mass is 399 g/mol. The molecule has 8 heteroatoms. The molecule has 29 heavy (non-hydrogen) atoms. The topological polar surface area (TPSA) is 105 Å². The molecule has 1 saturated carbocycles. The molecule has 1 aromatic rings. The van der Waals surface area contributed by atoms with Gasteiger partial charge in [-0.1, -0.05) is 6.07 Å². The quantitative estimate of drug-likeness (QED) is 0.560. The van der Waals surface area contributed by atoms with Gasteiger partial charge in [0.15, 0.2) is 6.10 Å². The summed E-state index contributed by atoms with van der Waals surface area (Å²) in [6, 6.07) is 5.18. The highest BCUT2D eigenvalue weighted by Gasteiger charge is 2.56. The number of esters is 1. The van der Waals surface area contributed by atoms with E-state index in [1.54, 1.807) is 6.92 Å². The molecule has 154 valence electrons. The maximum atomic E-state index is 12.6. The van der Waals surface area contributed by atoms with E-state index < -0.39 is 42.0 Å². The second-order valence-electron chi connectivity index (χ2n) is 8.26. The van der Waals surface area contributed by atoms with Crippen molar-refractivity contribution < 1.29 is 23.9 Å². The van der Waals surface area contributed by atoms with Crippen molar-refractivity contribution in [3.8, 4) is 0 Å². The zero-order chi connectivity index (χ0) is 20.8. The molecule has 1 saturated heterocycles. The van der Waals surface area contributed by atoms with Gasteiger partial charge in [-0.2, -0.15) is 0 Å². The van der Waals surface area contributed by atoms with E-state index in [0.717, 1.165) is 37.0 Å². The van der Waals surface area contributed by atoms with E-state index in [-0.39, 0.29) is 5.92 Å². The number of hydrogen-bond acceptors (Lipinski definition) is 5. The van der Waals surface area contributed by atoms with Gasteiger partial charge in [-0.15, -0.1) is 0 Å². The summed E-state index contributed by atoms with van der Waals surface area (Å²) in [5.41, 5.74) is 2.24. The third-order valence-electron chi connectivity index (χ3n) is 6.03. The Morgan fingerprint density at radius 2 is 2.00 bits per heavy atom. The van der Waals surface area contributed by atoms with Gasteiger partial charge in [-0.05, 0) is 75.1 Å². The first-order valence-electron chi connectivity index (χ1n) is 10.0. The fourth-order valence-electron chi connectivity index (χ4n) is 4.11. The fourth-order valence-corrected chi connectivity index (χ4v) is 4.11. The number of rotatable bonds is 6. The van der Waals surface area contributed by atoms with Gasteiger partial charge in [0.1, 0.15) is 12.1 Å². The molecule has 3 aliphatic rings. The van der Waals surface area contributed by atoms with Crippen LogP contribution >= 0.6 is 0 Å². The lowest BCUT2D eigenvalue weighted by Gasteiger charge is -2.21. The van der Waals surface area contributed by atoms with Crippen molar-refractivity contribution in [3.63, 3.8) is 0 Å². The number of amides is 4. The molecule has 2 aliphatic carbocycles. The summed E-state index contributed by atoms with van der Waals surface area (Å²) < 4.78 is 5.16. The van der Waals surface area contributed by atoms with Crippen LogP contribution in [0.25, 0.3) is 0 Å². The van der Waals surface area contributed by atoms with E-state index in [0.29, 0.717) is 5.69 Å². The second-order valence-corrected chi connectivity index (χ2v) is 8.26. The van der Waals surface area contributed by atoms with Crippen molar-refractivity contribution >= 4 is 29.5 Å². The maximum Gasteiger partial charge on any atom is 0.327 e. The van der Waals surface area contributed by atoms with E-state index in [1.165, 1.54) is 18.1 Å². The Bertz CT molecular complexity index is 894.